The van der Waals surface area contributed by atoms with Crippen LogP contribution in [0, 0.1) is 23.2 Å². The molecular formula is C17H22N2O. The van der Waals surface area contributed by atoms with E-state index < -0.39 is 0 Å². The lowest BCUT2D eigenvalue weighted by molar-refractivity contribution is -0.121. The van der Waals surface area contributed by atoms with Crippen molar-refractivity contribution in [2.24, 2.45) is 11.8 Å². The topological polar surface area (TPSA) is 52.9 Å². The summed E-state index contributed by atoms with van der Waals surface area (Å²) in [6.45, 7) is 4.52. The number of rotatable bonds is 3. The van der Waals surface area contributed by atoms with Crippen molar-refractivity contribution in [3.63, 3.8) is 0 Å². The molecule has 2 unspecified atom stereocenters. The predicted molar refractivity (Wildman–Crippen MR) is 79.0 cm³/mol. The predicted octanol–water partition coefficient (Wildman–Crippen LogP) is 3.04. The molecule has 0 aromatic heterocycles. The fourth-order valence-corrected chi connectivity index (χ4v) is 3.23. The Morgan fingerprint density at radius 3 is 2.35 bits per heavy atom. The highest BCUT2D eigenvalue weighted by atomic mass is 16.1. The van der Waals surface area contributed by atoms with E-state index in [2.05, 4.69) is 25.2 Å². The highest BCUT2D eigenvalue weighted by molar-refractivity contribution is 5.78. The molecule has 3 nitrogen and oxygen atoms in total. The Hall–Kier alpha value is -1.82. The molecule has 1 aromatic carbocycles. The molecule has 2 atom stereocenters. The van der Waals surface area contributed by atoms with E-state index >= 15 is 0 Å². The Labute approximate surface area is 121 Å². The smallest absolute Gasteiger partial charge is 0.224 e. The number of hydrogen-bond acceptors (Lipinski definition) is 2. The molecule has 1 aromatic rings. The fourth-order valence-electron chi connectivity index (χ4n) is 3.23. The van der Waals surface area contributed by atoms with Gasteiger partial charge in [0.1, 0.15) is 0 Å². The Kier molecular flexibility index (Phi) is 4.79. The van der Waals surface area contributed by atoms with E-state index in [-0.39, 0.29) is 5.91 Å². The minimum absolute atomic E-state index is 0.0843. The van der Waals surface area contributed by atoms with E-state index in [1.807, 2.05) is 12.1 Å². The summed E-state index contributed by atoms with van der Waals surface area (Å²) in [5, 5.41) is 11.9. The molecule has 0 saturated heterocycles. The number of nitrogens with one attached hydrogen (secondary N) is 1. The summed E-state index contributed by atoms with van der Waals surface area (Å²) in [5.41, 5.74) is 1.59. The number of carbonyl (C=O) groups excluding carboxylic acids is 1. The molecule has 1 amide bonds. The first-order chi connectivity index (χ1) is 9.56. The van der Waals surface area contributed by atoms with Gasteiger partial charge in [0.2, 0.25) is 5.91 Å². The zero-order valence-electron chi connectivity index (χ0n) is 12.2. The highest BCUT2D eigenvalue weighted by Crippen LogP contribution is 2.28. The second-order valence-electron chi connectivity index (χ2n) is 6.17. The van der Waals surface area contributed by atoms with Gasteiger partial charge in [-0.05, 0) is 48.8 Å². The van der Waals surface area contributed by atoms with Gasteiger partial charge in [-0.3, -0.25) is 4.79 Å². The van der Waals surface area contributed by atoms with Gasteiger partial charge in [-0.15, -0.1) is 0 Å². The second kappa shape index (κ2) is 6.56. The number of hydrogen-bond donors (Lipinski definition) is 1. The lowest BCUT2D eigenvalue weighted by atomic mass is 9.80. The number of amides is 1. The molecule has 1 aliphatic carbocycles. The lowest BCUT2D eigenvalue weighted by Gasteiger charge is -2.32. The first-order valence-electron chi connectivity index (χ1n) is 7.35. The van der Waals surface area contributed by atoms with Crippen LogP contribution in [-0.4, -0.2) is 11.9 Å². The molecule has 20 heavy (non-hydrogen) atoms. The van der Waals surface area contributed by atoms with Gasteiger partial charge in [0, 0.05) is 6.04 Å². The minimum Gasteiger partial charge on any atom is -0.353 e. The van der Waals surface area contributed by atoms with Crippen molar-refractivity contribution in [1.82, 2.24) is 5.32 Å². The molecule has 3 heteroatoms. The van der Waals surface area contributed by atoms with Crippen LogP contribution in [0.25, 0.3) is 0 Å². The van der Waals surface area contributed by atoms with Gasteiger partial charge in [-0.1, -0.05) is 26.0 Å². The molecule has 0 aliphatic heterocycles. The Bertz CT molecular complexity index is 491. The maximum Gasteiger partial charge on any atom is 0.224 e. The second-order valence-corrected chi connectivity index (χ2v) is 6.17. The van der Waals surface area contributed by atoms with Crippen LogP contribution in [0.5, 0.6) is 0 Å². The zero-order chi connectivity index (χ0) is 14.5. The lowest BCUT2D eigenvalue weighted by Crippen LogP contribution is -2.40. The van der Waals surface area contributed by atoms with E-state index in [0.29, 0.717) is 29.9 Å². The van der Waals surface area contributed by atoms with E-state index in [9.17, 15) is 4.79 Å². The van der Waals surface area contributed by atoms with E-state index in [0.717, 1.165) is 18.4 Å². The molecule has 1 N–H and O–H groups in total. The summed E-state index contributed by atoms with van der Waals surface area (Å²) in [6.07, 6.45) is 3.83. The molecular weight excluding hydrogens is 248 g/mol. The van der Waals surface area contributed by atoms with Crippen LogP contribution in [0.3, 0.4) is 0 Å². The minimum atomic E-state index is 0.0843. The van der Waals surface area contributed by atoms with Crippen LogP contribution in [0.1, 0.15) is 44.2 Å². The van der Waals surface area contributed by atoms with Gasteiger partial charge in [0.15, 0.2) is 0 Å². The summed E-state index contributed by atoms with van der Waals surface area (Å²) >= 11 is 0. The third kappa shape index (κ3) is 4.09. The van der Waals surface area contributed by atoms with Crippen LogP contribution in [0.4, 0.5) is 0 Å². The normalized spacial score (nSPS) is 25.8. The Morgan fingerprint density at radius 1 is 1.20 bits per heavy atom. The number of nitrogens with zero attached hydrogens (tertiary/aromatic N) is 1. The van der Waals surface area contributed by atoms with Crippen LogP contribution in [0.15, 0.2) is 24.3 Å². The van der Waals surface area contributed by atoms with Crippen molar-refractivity contribution < 1.29 is 4.79 Å². The largest absolute Gasteiger partial charge is 0.353 e. The Morgan fingerprint density at radius 2 is 1.80 bits per heavy atom. The van der Waals surface area contributed by atoms with Gasteiger partial charge in [-0.2, -0.15) is 5.26 Å². The van der Waals surface area contributed by atoms with Crippen molar-refractivity contribution in [3.8, 4) is 6.07 Å². The molecule has 0 spiro atoms. The molecule has 0 radical (unpaired) electrons. The summed E-state index contributed by atoms with van der Waals surface area (Å²) in [4.78, 5) is 12.1. The van der Waals surface area contributed by atoms with E-state index in [1.54, 1.807) is 12.1 Å². The van der Waals surface area contributed by atoms with Crippen LogP contribution in [-0.2, 0) is 11.2 Å². The van der Waals surface area contributed by atoms with Crippen molar-refractivity contribution in [1.29, 1.82) is 5.26 Å². The zero-order valence-corrected chi connectivity index (χ0v) is 12.2. The maximum absolute atomic E-state index is 12.1. The Balaban J connectivity index is 1.87. The number of benzene rings is 1. The molecule has 106 valence electrons. The summed E-state index contributed by atoms with van der Waals surface area (Å²) < 4.78 is 0. The molecule has 2 rings (SSSR count). The van der Waals surface area contributed by atoms with Gasteiger partial charge < -0.3 is 5.32 Å². The first-order valence-corrected chi connectivity index (χ1v) is 7.35. The van der Waals surface area contributed by atoms with E-state index in [1.165, 1.54) is 6.42 Å². The van der Waals surface area contributed by atoms with Gasteiger partial charge in [-0.25, -0.2) is 0 Å². The van der Waals surface area contributed by atoms with Gasteiger partial charge in [0.25, 0.3) is 0 Å². The summed E-state index contributed by atoms with van der Waals surface area (Å²) in [5.74, 6) is 1.47. The average molecular weight is 270 g/mol. The molecule has 1 fully saturated rings. The SMILES string of the molecule is CC1CC(C)CC(NC(=O)Cc2ccc(C#N)cc2)C1. The third-order valence-corrected chi connectivity index (χ3v) is 3.99. The van der Waals surface area contributed by atoms with Crippen LogP contribution in [0.2, 0.25) is 0 Å². The van der Waals surface area contributed by atoms with Gasteiger partial charge in [0.05, 0.1) is 18.1 Å². The number of carbonyl (C=O) groups is 1. The van der Waals surface area contributed by atoms with Crippen LogP contribution < -0.4 is 5.32 Å². The number of nitriles is 1. The van der Waals surface area contributed by atoms with Crippen molar-refractivity contribution in [2.75, 3.05) is 0 Å². The summed E-state index contributed by atoms with van der Waals surface area (Å²) in [6, 6.07) is 9.62. The molecule has 0 bridgehead atoms. The van der Waals surface area contributed by atoms with Crippen LogP contribution >= 0.6 is 0 Å². The van der Waals surface area contributed by atoms with Crippen molar-refractivity contribution in [2.45, 2.75) is 45.6 Å². The maximum atomic E-state index is 12.1. The van der Waals surface area contributed by atoms with Gasteiger partial charge >= 0.3 is 0 Å². The van der Waals surface area contributed by atoms with E-state index in [4.69, 9.17) is 5.26 Å². The van der Waals surface area contributed by atoms with Crippen molar-refractivity contribution in [3.05, 3.63) is 35.4 Å². The average Bonchev–Trinajstić information content (AvgIpc) is 2.38. The third-order valence-electron chi connectivity index (χ3n) is 3.99. The highest BCUT2D eigenvalue weighted by Gasteiger charge is 2.24. The first kappa shape index (κ1) is 14.6. The molecule has 0 heterocycles. The van der Waals surface area contributed by atoms with Crippen molar-refractivity contribution >= 4 is 5.91 Å². The quantitative estimate of drug-likeness (QED) is 0.917. The molecule has 1 aliphatic rings. The standard InChI is InChI=1S/C17H22N2O/c1-12-7-13(2)9-16(8-12)19-17(20)10-14-3-5-15(11-18)6-4-14/h3-6,12-13,16H,7-10H2,1-2H3,(H,19,20). The summed E-state index contributed by atoms with van der Waals surface area (Å²) in [7, 11) is 0. The fraction of sp³-hybridized carbons (Fsp3) is 0.529. The monoisotopic (exact) mass is 270 g/mol. The molecule has 1 saturated carbocycles.